The monoisotopic (exact) mass is 500 g/mol. The number of morpholine rings is 1. The fourth-order valence-corrected chi connectivity index (χ4v) is 4.37. The highest BCUT2D eigenvalue weighted by Gasteiger charge is 2.46. The molecule has 8 heteroatoms. The summed E-state index contributed by atoms with van der Waals surface area (Å²) in [6.45, 7) is 3.86. The van der Waals surface area contributed by atoms with Gasteiger partial charge in [-0.25, -0.2) is 0 Å². The lowest BCUT2D eigenvalue weighted by Gasteiger charge is -2.31. The predicted octanol–water partition coefficient (Wildman–Crippen LogP) is 3.21. The quantitative estimate of drug-likeness (QED) is 0.372. The van der Waals surface area contributed by atoms with Gasteiger partial charge in [-0.3, -0.25) is 14.5 Å². The Hall–Kier alpha value is -2.68. The van der Waals surface area contributed by atoms with Crippen LogP contribution in [0.25, 0.3) is 5.76 Å². The van der Waals surface area contributed by atoms with E-state index in [9.17, 15) is 14.7 Å². The zero-order chi connectivity index (χ0) is 22.7. The zero-order valence-corrected chi connectivity index (χ0v) is 19.4. The summed E-state index contributed by atoms with van der Waals surface area (Å²) in [5.74, 6) is -0.854. The Balaban J connectivity index is 1.74. The van der Waals surface area contributed by atoms with E-state index in [2.05, 4.69) is 20.8 Å². The van der Waals surface area contributed by atoms with Gasteiger partial charge in [0.15, 0.2) is 0 Å². The summed E-state index contributed by atoms with van der Waals surface area (Å²) in [6, 6.07) is 13.5. The zero-order valence-electron chi connectivity index (χ0n) is 17.8. The predicted molar refractivity (Wildman–Crippen MR) is 123 cm³/mol. The highest BCUT2D eigenvalue weighted by molar-refractivity contribution is 9.10. The Morgan fingerprint density at radius 3 is 2.53 bits per heavy atom. The Morgan fingerprint density at radius 1 is 1.12 bits per heavy atom. The summed E-state index contributed by atoms with van der Waals surface area (Å²) < 4.78 is 11.6. The highest BCUT2D eigenvalue weighted by atomic mass is 79.9. The molecule has 7 nitrogen and oxygen atoms in total. The number of carbonyl (C=O) groups excluding carboxylic acids is 2. The molecule has 32 heavy (non-hydrogen) atoms. The lowest BCUT2D eigenvalue weighted by molar-refractivity contribution is -0.140. The van der Waals surface area contributed by atoms with Crippen molar-refractivity contribution in [3.63, 3.8) is 0 Å². The number of halogens is 1. The minimum absolute atomic E-state index is 0.0903. The molecule has 0 spiro atoms. The van der Waals surface area contributed by atoms with Gasteiger partial charge in [-0.15, -0.1) is 0 Å². The SMILES string of the molecule is COc1cccc([C@H]2C(=C(O)c3ccc(Br)cc3)C(=O)C(=O)N2CCN2CCOCC2)c1. The third-order valence-electron chi connectivity index (χ3n) is 5.83. The van der Waals surface area contributed by atoms with Crippen molar-refractivity contribution in [2.45, 2.75) is 6.04 Å². The first-order chi connectivity index (χ1) is 15.5. The largest absolute Gasteiger partial charge is 0.507 e. The minimum atomic E-state index is -0.699. The van der Waals surface area contributed by atoms with Crippen molar-refractivity contribution in [3.05, 3.63) is 69.7 Å². The number of carbonyl (C=O) groups is 2. The maximum atomic E-state index is 13.1. The second kappa shape index (κ2) is 9.85. The molecule has 0 unspecified atom stereocenters. The normalized spacial score (nSPS) is 21.2. The van der Waals surface area contributed by atoms with Crippen LogP contribution in [-0.4, -0.2) is 73.1 Å². The fraction of sp³-hybridized carbons (Fsp3) is 0.333. The van der Waals surface area contributed by atoms with E-state index in [4.69, 9.17) is 9.47 Å². The van der Waals surface area contributed by atoms with E-state index < -0.39 is 17.7 Å². The van der Waals surface area contributed by atoms with Gasteiger partial charge in [0.2, 0.25) is 0 Å². The van der Waals surface area contributed by atoms with Gasteiger partial charge in [0, 0.05) is 36.2 Å². The average Bonchev–Trinajstić information content (AvgIpc) is 3.08. The minimum Gasteiger partial charge on any atom is -0.507 e. The number of hydrogen-bond donors (Lipinski definition) is 1. The molecule has 1 N–H and O–H groups in total. The van der Waals surface area contributed by atoms with Crippen molar-refractivity contribution < 1.29 is 24.2 Å². The van der Waals surface area contributed by atoms with Crippen molar-refractivity contribution >= 4 is 33.4 Å². The van der Waals surface area contributed by atoms with Gasteiger partial charge in [0.1, 0.15) is 11.5 Å². The molecule has 2 heterocycles. The van der Waals surface area contributed by atoms with E-state index >= 15 is 0 Å². The number of rotatable bonds is 6. The number of ketones is 1. The van der Waals surface area contributed by atoms with Crippen LogP contribution in [-0.2, 0) is 14.3 Å². The van der Waals surface area contributed by atoms with E-state index in [1.165, 1.54) is 0 Å². The number of aliphatic hydroxyl groups is 1. The van der Waals surface area contributed by atoms with Crippen LogP contribution in [0.2, 0.25) is 0 Å². The van der Waals surface area contributed by atoms with E-state index in [0.29, 0.717) is 43.2 Å². The van der Waals surface area contributed by atoms with Crippen LogP contribution in [0.4, 0.5) is 0 Å². The maximum absolute atomic E-state index is 13.1. The molecule has 1 atom stereocenters. The molecule has 2 aliphatic heterocycles. The summed E-state index contributed by atoms with van der Waals surface area (Å²) >= 11 is 3.38. The molecule has 0 aromatic heterocycles. The van der Waals surface area contributed by atoms with Gasteiger partial charge >= 0.3 is 0 Å². The summed E-state index contributed by atoms with van der Waals surface area (Å²) in [6.07, 6.45) is 0. The molecule has 1 amide bonds. The van der Waals surface area contributed by atoms with Gasteiger partial charge in [-0.1, -0.05) is 40.2 Å². The maximum Gasteiger partial charge on any atom is 0.295 e. The van der Waals surface area contributed by atoms with Gasteiger partial charge in [-0.05, 0) is 29.8 Å². The third kappa shape index (κ3) is 4.57. The van der Waals surface area contributed by atoms with E-state index in [1.54, 1.807) is 48.4 Å². The van der Waals surface area contributed by atoms with Gasteiger partial charge in [0.25, 0.3) is 11.7 Å². The van der Waals surface area contributed by atoms with Crippen molar-refractivity contribution in [1.82, 2.24) is 9.80 Å². The van der Waals surface area contributed by atoms with Crippen LogP contribution in [0.15, 0.2) is 58.6 Å². The second-order valence-electron chi connectivity index (χ2n) is 7.73. The fourth-order valence-electron chi connectivity index (χ4n) is 4.11. The van der Waals surface area contributed by atoms with Crippen molar-refractivity contribution in [3.8, 4) is 5.75 Å². The summed E-state index contributed by atoms with van der Waals surface area (Å²) in [5.41, 5.74) is 1.28. The molecule has 4 rings (SSSR count). The first-order valence-electron chi connectivity index (χ1n) is 10.5. The lowest BCUT2D eigenvalue weighted by atomic mass is 9.95. The Bertz CT molecular complexity index is 1030. The summed E-state index contributed by atoms with van der Waals surface area (Å²) in [4.78, 5) is 29.9. The van der Waals surface area contributed by atoms with Crippen molar-refractivity contribution in [1.29, 1.82) is 0 Å². The smallest absolute Gasteiger partial charge is 0.295 e. The second-order valence-corrected chi connectivity index (χ2v) is 8.65. The van der Waals surface area contributed by atoms with Gasteiger partial charge < -0.3 is 19.5 Å². The van der Waals surface area contributed by atoms with Crippen molar-refractivity contribution in [2.24, 2.45) is 0 Å². The number of methoxy groups -OCH3 is 1. The third-order valence-corrected chi connectivity index (χ3v) is 6.36. The number of ether oxygens (including phenoxy) is 2. The molecule has 2 aliphatic rings. The molecule has 0 radical (unpaired) electrons. The van der Waals surface area contributed by atoms with Crippen molar-refractivity contribution in [2.75, 3.05) is 46.5 Å². The topological polar surface area (TPSA) is 79.3 Å². The van der Waals surface area contributed by atoms with Crippen LogP contribution in [0.1, 0.15) is 17.2 Å². The number of benzene rings is 2. The Labute approximate surface area is 195 Å². The van der Waals surface area contributed by atoms with E-state index in [-0.39, 0.29) is 11.3 Å². The number of nitrogens with zero attached hydrogens (tertiary/aromatic N) is 2. The first kappa shape index (κ1) is 22.5. The molecule has 2 aromatic carbocycles. The van der Waals surface area contributed by atoms with Crippen LogP contribution in [0, 0.1) is 0 Å². The van der Waals surface area contributed by atoms with Crippen LogP contribution in [0.5, 0.6) is 5.75 Å². The number of likely N-dealkylation sites (tertiary alicyclic amines) is 1. The number of hydrogen-bond acceptors (Lipinski definition) is 6. The summed E-state index contributed by atoms with van der Waals surface area (Å²) in [5, 5.41) is 11.1. The van der Waals surface area contributed by atoms with Crippen LogP contribution >= 0.6 is 15.9 Å². The molecule has 2 fully saturated rings. The standard InChI is InChI=1S/C24H25BrN2O5/c1-31-19-4-2-3-17(15-19)21-20(22(28)16-5-7-18(25)8-6-16)23(29)24(30)27(21)10-9-26-11-13-32-14-12-26/h2-8,15,21,28H,9-14H2,1H3/t21-/m0/s1. The highest BCUT2D eigenvalue weighted by Crippen LogP contribution is 2.40. The van der Waals surface area contributed by atoms with Gasteiger partial charge in [-0.2, -0.15) is 0 Å². The molecule has 2 aromatic rings. The molecule has 0 aliphatic carbocycles. The van der Waals surface area contributed by atoms with E-state index in [1.807, 2.05) is 12.1 Å². The molecule has 0 saturated carbocycles. The van der Waals surface area contributed by atoms with E-state index in [0.717, 1.165) is 17.6 Å². The molecule has 168 valence electrons. The lowest BCUT2D eigenvalue weighted by Crippen LogP contribution is -2.42. The molecular weight excluding hydrogens is 476 g/mol. The molecule has 0 bridgehead atoms. The molecular formula is C24H25BrN2O5. The summed E-state index contributed by atoms with van der Waals surface area (Å²) in [7, 11) is 1.57. The Kier molecular flexibility index (Phi) is 6.93. The van der Waals surface area contributed by atoms with Gasteiger partial charge in [0.05, 0.1) is 31.9 Å². The first-order valence-corrected chi connectivity index (χ1v) is 11.3. The van der Waals surface area contributed by atoms with Crippen LogP contribution < -0.4 is 4.74 Å². The number of aliphatic hydroxyl groups excluding tert-OH is 1. The number of amides is 1. The Morgan fingerprint density at radius 2 is 1.84 bits per heavy atom. The average molecular weight is 501 g/mol. The van der Waals surface area contributed by atoms with Crippen LogP contribution in [0.3, 0.4) is 0 Å². The number of Topliss-reactive ketones (excluding diaryl/α,β-unsaturated/α-hetero) is 1. The molecule has 2 saturated heterocycles.